The summed E-state index contributed by atoms with van der Waals surface area (Å²) in [4.78, 5) is 14.1. The lowest BCUT2D eigenvalue weighted by Crippen LogP contribution is -2.14. The summed E-state index contributed by atoms with van der Waals surface area (Å²) >= 11 is 0. The van der Waals surface area contributed by atoms with Crippen LogP contribution in [-0.2, 0) is 0 Å². The molecule has 14 heavy (non-hydrogen) atoms. The van der Waals surface area contributed by atoms with E-state index in [0.717, 1.165) is 11.3 Å². The van der Waals surface area contributed by atoms with Crippen LogP contribution in [0.4, 0.5) is 5.69 Å². The highest BCUT2D eigenvalue weighted by atomic mass is 16.6. The molecule has 0 spiro atoms. The molecule has 0 saturated heterocycles. The summed E-state index contributed by atoms with van der Waals surface area (Å²) in [6.45, 7) is 3.78. The third-order valence-electron chi connectivity index (χ3n) is 2.22. The number of nitrogens with one attached hydrogen (secondary N) is 1. The van der Waals surface area contributed by atoms with Gasteiger partial charge in [-0.25, -0.2) is 0 Å². The lowest BCUT2D eigenvalue weighted by atomic mass is 10.1. The Morgan fingerprint density at radius 1 is 1.64 bits per heavy atom. The molecule has 5 heteroatoms. The zero-order chi connectivity index (χ0) is 10.7. The van der Waals surface area contributed by atoms with Gasteiger partial charge in [0.15, 0.2) is 0 Å². The zero-order valence-corrected chi connectivity index (χ0v) is 8.44. The molecule has 0 aliphatic carbocycles. The van der Waals surface area contributed by atoms with Gasteiger partial charge >= 0.3 is 0 Å². The third kappa shape index (κ3) is 2.05. The van der Waals surface area contributed by atoms with Gasteiger partial charge in [0.25, 0.3) is 5.69 Å². The standard InChI is InChI=1S/C9H13N3O2/c1-6(10-3)9-4-8(12(13)14)5-11-7(9)2/h4-6,10H,1-3H3. The summed E-state index contributed by atoms with van der Waals surface area (Å²) in [6, 6.07) is 1.63. The number of nitrogens with zero attached hydrogens (tertiary/aromatic N) is 2. The number of rotatable bonds is 3. The minimum absolute atomic E-state index is 0.0349. The first-order chi connectivity index (χ1) is 6.56. The van der Waals surface area contributed by atoms with E-state index in [0.29, 0.717) is 0 Å². The molecule has 1 N–H and O–H groups in total. The fourth-order valence-electron chi connectivity index (χ4n) is 1.23. The van der Waals surface area contributed by atoms with Crippen molar-refractivity contribution in [3.05, 3.63) is 33.6 Å². The smallest absolute Gasteiger partial charge is 0.287 e. The minimum Gasteiger partial charge on any atom is -0.313 e. The van der Waals surface area contributed by atoms with Gasteiger partial charge < -0.3 is 5.32 Å². The highest BCUT2D eigenvalue weighted by molar-refractivity contribution is 5.35. The van der Waals surface area contributed by atoms with E-state index in [1.807, 2.05) is 20.9 Å². The van der Waals surface area contributed by atoms with Gasteiger partial charge in [0, 0.05) is 17.8 Å². The van der Waals surface area contributed by atoms with E-state index >= 15 is 0 Å². The Morgan fingerprint density at radius 2 is 2.29 bits per heavy atom. The number of aryl methyl sites for hydroxylation is 1. The third-order valence-corrected chi connectivity index (χ3v) is 2.22. The van der Waals surface area contributed by atoms with Crippen molar-refractivity contribution in [2.45, 2.75) is 19.9 Å². The van der Waals surface area contributed by atoms with Crippen molar-refractivity contribution in [3.8, 4) is 0 Å². The molecule has 1 aromatic rings. The van der Waals surface area contributed by atoms with Gasteiger partial charge in [0.2, 0.25) is 0 Å². The second-order valence-electron chi connectivity index (χ2n) is 3.14. The average Bonchev–Trinajstić information content (AvgIpc) is 2.17. The topological polar surface area (TPSA) is 68.1 Å². The van der Waals surface area contributed by atoms with Crippen LogP contribution in [0.2, 0.25) is 0 Å². The molecule has 1 heterocycles. The minimum atomic E-state index is -0.432. The molecular formula is C9H13N3O2. The molecule has 5 nitrogen and oxygen atoms in total. The van der Waals surface area contributed by atoms with Gasteiger partial charge in [-0.05, 0) is 26.5 Å². The SMILES string of the molecule is CNC(C)c1cc([N+](=O)[O-])cnc1C. The molecule has 0 aliphatic heterocycles. The molecule has 1 rings (SSSR count). The van der Waals surface area contributed by atoms with E-state index in [4.69, 9.17) is 0 Å². The molecule has 1 unspecified atom stereocenters. The van der Waals surface area contributed by atoms with Crippen LogP contribution in [0, 0.1) is 17.0 Å². The van der Waals surface area contributed by atoms with E-state index in [1.165, 1.54) is 6.20 Å². The van der Waals surface area contributed by atoms with E-state index in [2.05, 4.69) is 10.3 Å². The van der Waals surface area contributed by atoms with E-state index in [9.17, 15) is 10.1 Å². The maximum absolute atomic E-state index is 10.5. The van der Waals surface area contributed by atoms with Gasteiger partial charge in [-0.2, -0.15) is 0 Å². The van der Waals surface area contributed by atoms with Crippen LogP contribution >= 0.6 is 0 Å². The van der Waals surface area contributed by atoms with Crippen molar-refractivity contribution < 1.29 is 4.92 Å². The maximum Gasteiger partial charge on any atom is 0.287 e. The lowest BCUT2D eigenvalue weighted by molar-refractivity contribution is -0.385. The zero-order valence-electron chi connectivity index (χ0n) is 8.44. The molecule has 1 atom stereocenters. The predicted molar refractivity (Wildman–Crippen MR) is 53.1 cm³/mol. The van der Waals surface area contributed by atoms with Crippen LogP contribution in [0.1, 0.15) is 24.2 Å². The monoisotopic (exact) mass is 195 g/mol. The lowest BCUT2D eigenvalue weighted by Gasteiger charge is -2.12. The first kappa shape index (κ1) is 10.6. The van der Waals surface area contributed by atoms with Crippen molar-refractivity contribution in [2.75, 3.05) is 7.05 Å². The van der Waals surface area contributed by atoms with Gasteiger partial charge in [-0.15, -0.1) is 0 Å². The average molecular weight is 195 g/mol. The number of hydrogen-bond acceptors (Lipinski definition) is 4. The highest BCUT2D eigenvalue weighted by Gasteiger charge is 2.13. The van der Waals surface area contributed by atoms with E-state index < -0.39 is 4.92 Å². The Balaban J connectivity index is 3.14. The number of nitro groups is 1. The largest absolute Gasteiger partial charge is 0.313 e. The summed E-state index contributed by atoms with van der Waals surface area (Å²) in [5.41, 5.74) is 1.71. The Bertz CT molecular complexity index is 352. The van der Waals surface area contributed by atoms with Crippen molar-refractivity contribution in [1.82, 2.24) is 10.3 Å². The molecule has 76 valence electrons. The second-order valence-corrected chi connectivity index (χ2v) is 3.14. The predicted octanol–water partition coefficient (Wildman–Crippen LogP) is 1.58. The van der Waals surface area contributed by atoms with Gasteiger partial charge in [-0.3, -0.25) is 15.1 Å². The fraction of sp³-hybridized carbons (Fsp3) is 0.444. The van der Waals surface area contributed by atoms with Crippen molar-refractivity contribution in [2.24, 2.45) is 0 Å². The number of hydrogen-bond donors (Lipinski definition) is 1. The first-order valence-electron chi connectivity index (χ1n) is 4.34. The normalized spacial score (nSPS) is 12.5. The summed E-state index contributed by atoms with van der Waals surface area (Å²) in [5, 5.41) is 13.5. The van der Waals surface area contributed by atoms with Gasteiger partial charge in [0.05, 0.1) is 4.92 Å². The Kier molecular flexibility index (Phi) is 3.14. The van der Waals surface area contributed by atoms with Crippen LogP contribution in [-0.4, -0.2) is 17.0 Å². The first-order valence-corrected chi connectivity index (χ1v) is 4.34. The van der Waals surface area contributed by atoms with Gasteiger partial charge in [0.1, 0.15) is 6.20 Å². The Labute approximate surface area is 82.3 Å². The summed E-state index contributed by atoms with van der Waals surface area (Å²) in [5.74, 6) is 0. The molecule has 0 bridgehead atoms. The summed E-state index contributed by atoms with van der Waals surface area (Å²) in [7, 11) is 1.81. The van der Waals surface area contributed by atoms with E-state index in [-0.39, 0.29) is 11.7 Å². The van der Waals surface area contributed by atoms with Crippen molar-refractivity contribution in [1.29, 1.82) is 0 Å². The Hall–Kier alpha value is -1.49. The number of aromatic nitrogens is 1. The highest BCUT2D eigenvalue weighted by Crippen LogP contribution is 2.20. The molecule has 0 aliphatic rings. The van der Waals surface area contributed by atoms with Crippen molar-refractivity contribution >= 4 is 5.69 Å². The fourth-order valence-corrected chi connectivity index (χ4v) is 1.23. The van der Waals surface area contributed by atoms with Crippen LogP contribution in [0.25, 0.3) is 0 Å². The molecule has 0 radical (unpaired) electrons. The second kappa shape index (κ2) is 4.15. The maximum atomic E-state index is 10.5. The molecule has 0 fully saturated rings. The molecule has 1 aromatic heterocycles. The van der Waals surface area contributed by atoms with Crippen LogP contribution in [0.3, 0.4) is 0 Å². The number of pyridine rings is 1. The van der Waals surface area contributed by atoms with Crippen LogP contribution in [0.15, 0.2) is 12.3 Å². The molecular weight excluding hydrogens is 182 g/mol. The van der Waals surface area contributed by atoms with Crippen LogP contribution in [0.5, 0.6) is 0 Å². The summed E-state index contributed by atoms with van der Waals surface area (Å²) < 4.78 is 0. The van der Waals surface area contributed by atoms with Gasteiger partial charge in [-0.1, -0.05) is 0 Å². The molecule has 0 saturated carbocycles. The summed E-state index contributed by atoms with van der Waals surface area (Å²) in [6.07, 6.45) is 1.28. The molecule has 0 amide bonds. The van der Waals surface area contributed by atoms with Crippen molar-refractivity contribution in [3.63, 3.8) is 0 Å². The van der Waals surface area contributed by atoms with Crippen LogP contribution < -0.4 is 5.32 Å². The Morgan fingerprint density at radius 3 is 2.79 bits per heavy atom. The van der Waals surface area contributed by atoms with E-state index in [1.54, 1.807) is 6.07 Å². The quantitative estimate of drug-likeness (QED) is 0.587. The molecule has 0 aromatic carbocycles.